The molecule has 0 aromatic carbocycles. The first-order chi connectivity index (χ1) is 9.98. The van der Waals surface area contributed by atoms with Crippen LogP contribution in [-0.4, -0.2) is 42.6 Å². The fourth-order valence-corrected chi connectivity index (χ4v) is 4.41. The van der Waals surface area contributed by atoms with Gasteiger partial charge in [-0.2, -0.15) is 0 Å². The predicted molar refractivity (Wildman–Crippen MR) is 84.9 cm³/mol. The van der Waals surface area contributed by atoms with Crippen molar-refractivity contribution in [3.63, 3.8) is 0 Å². The van der Waals surface area contributed by atoms with Crippen molar-refractivity contribution in [1.82, 2.24) is 5.32 Å². The zero-order valence-electron chi connectivity index (χ0n) is 14.0. The second-order valence-corrected chi connectivity index (χ2v) is 8.78. The van der Waals surface area contributed by atoms with Crippen molar-refractivity contribution in [2.24, 2.45) is 5.92 Å². The van der Waals surface area contributed by atoms with Crippen LogP contribution in [0.25, 0.3) is 0 Å². The number of allylic oxidation sites excluding steroid dienone is 2. The number of nitrogens with one attached hydrogen (secondary N) is 1. The molecule has 21 heavy (non-hydrogen) atoms. The number of carbonyl (C=O) groups is 1. The van der Waals surface area contributed by atoms with Crippen LogP contribution in [0.15, 0.2) is 11.1 Å². The lowest BCUT2D eigenvalue weighted by Crippen LogP contribution is -2.43. The van der Waals surface area contributed by atoms with Crippen molar-refractivity contribution in [2.45, 2.75) is 45.6 Å². The highest BCUT2D eigenvalue weighted by Gasteiger charge is 2.36. The molecule has 0 spiro atoms. The van der Waals surface area contributed by atoms with Gasteiger partial charge in [-0.05, 0) is 39.5 Å². The molecule has 6 heteroatoms. The van der Waals surface area contributed by atoms with E-state index in [4.69, 9.17) is 13.3 Å². The minimum atomic E-state index is -2.51. The minimum absolute atomic E-state index is 0.128. The second-order valence-electron chi connectivity index (χ2n) is 5.69. The first kappa shape index (κ1) is 18.4. The van der Waals surface area contributed by atoms with E-state index >= 15 is 0 Å². The van der Waals surface area contributed by atoms with E-state index in [1.165, 1.54) is 11.1 Å². The standard InChI is InChI=1S/C15H29NO4Si/c1-12-7-8-14(11-13(12)2)15(17)16-9-6-10-21(18-3,19-4)20-5/h14H,6-11H2,1-5H3,(H,16,17). The van der Waals surface area contributed by atoms with Crippen LogP contribution >= 0.6 is 0 Å². The Hall–Kier alpha value is -0.693. The summed E-state index contributed by atoms with van der Waals surface area (Å²) in [6.07, 6.45) is 3.69. The molecule has 1 aliphatic carbocycles. The average molecular weight is 315 g/mol. The molecule has 1 N–H and O–H groups in total. The molecule has 1 rings (SSSR count). The Morgan fingerprint density at radius 2 is 1.81 bits per heavy atom. The number of rotatable bonds is 8. The van der Waals surface area contributed by atoms with Gasteiger partial charge in [0, 0.05) is 39.8 Å². The molecule has 1 amide bonds. The third-order valence-electron chi connectivity index (χ3n) is 4.41. The SMILES string of the molecule is CO[Si](CCCNC(=O)C1CCC(C)=C(C)C1)(OC)OC. The highest BCUT2D eigenvalue weighted by molar-refractivity contribution is 6.60. The Bertz CT molecular complexity index is 372. The maximum absolute atomic E-state index is 12.2. The third kappa shape index (κ3) is 5.21. The van der Waals surface area contributed by atoms with Crippen LogP contribution in [0.1, 0.15) is 39.5 Å². The fraction of sp³-hybridized carbons (Fsp3) is 0.800. The van der Waals surface area contributed by atoms with Crippen LogP contribution in [0, 0.1) is 5.92 Å². The second kappa shape index (κ2) is 8.68. The molecule has 0 bridgehead atoms. The summed E-state index contributed by atoms with van der Waals surface area (Å²) < 4.78 is 16.1. The number of hydrogen-bond donors (Lipinski definition) is 1. The average Bonchev–Trinajstić information content (AvgIpc) is 2.50. The van der Waals surface area contributed by atoms with Gasteiger partial charge in [0.2, 0.25) is 5.91 Å². The van der Waals surface area contributed by atoms with E-state index in [2.05, 4.69) is 19.2 Å². The first-order valence-electron chi connectivity index (χ1n) is 7.56. The van der Waals surface area contributed by atoms with Crippen molar-refractivity contribution in [3.8, 4) is 0 Å². The van der Waals surface area contributed by atoms with Crippen LogP contribution < -0.4 is 5.32 Å². The molecule has 0 heterocycles. The summed E-state index contributed by atoms with van der Waals surface area (Å²) in [4.78, 5) is 12.2. The van der Waals surface area contributed by atoms with Crippen LogP contribution in [0.5, 0.6) is 0 Å². The monoisotopic (exact) mass is 315 g/mol. The molecule has 0 fully saturated rings. The van der Waals surface area contributed by atoms with Crippen LogP contribution in [0.2, 0.25) is 6.04 Å². The summed E-state index contributed by atoms with van der Waals surface area (Å²) in [7, 11) is 2.32. The summed E-state index contributed by atoms with van der Waals surface area (Å²) >= 11 is 0. The summed E-state index contributed by atoms with van der Waals surface area (Å²) in [5.74, 6) is 0.296. The van der Waals surface area contributed by atoms with E-state index in [9.17, 15) is 4.79 Å². The van der Waals surface area contributed by atoms with Gasteiger partial charge in [0.15, 0.2) is 0 Å². The lowest BCUT2D eigenvalue weighted by atomic mass is 9.84. The van der Waals surface area contributed by atoms with Crippen molar-refractivity contribution in [1.29, 1.82) is 0 Å². The molecule has 122 valence electrons. The summed E-state index contributed by atoms with van der Waals surface area (Å²) in [5.41, 5.74) is 2.81. The Balaban J connectivity index is 2.31. The van der Waals surface area contributed by atoms with E-state index in [0.29, 0.717) is 12.6 Å². The first-order valence-corrected chi connectivity index (χ1v) is 9.49. The molecule has 5 nitrogen and oxygen atoms in total. The van der Waals surface area contributed by atoms with Gasteiger partial charge in [0.1, 0.15) is 0 Å². The molecule has 0 saturated heterocycles. The Kier molecular flexibility index (Phi) is 7.59. The fourth-order valence-electron chi connectivity index (χ4n) is 2.69. The minimum Gasteiger partial charge on any atom is -0.377 e. The van der Waals surface area contributed by atoms with Gasteiger partial charge in [-0.15, -0.1) is 0 Å². The van der Waals surface area contributed by atoms with E-state index in [1.54, 1.807) is 21.3 Å². The summed E-state index contributed by atoms with van der Waals surface area (Å²) in [6.45, 7) is 4.93. The molecule has 1 unspecified atom stereocenters. The Labute approximate surface area is 129 Å². The van der Waals surface area contributed by atoms with Crippen molar-refractivity contribution in [2.75, 3.05) is 27.9 Å². The van der Waals surface area contributed by atoms with E-state index in [0.717, 1.165) is 25.7 Å². The van der Waals surface area contributed by atoms with Gasteiger partial charge < -0.3 is 18.6 Å². The van der Waals surface area contributed by atoms with E-state index in [1.807, 2.05) is 0 Å². The summed E-state index contributed by atoms with van der Waals surface area (Å²) in [5, 5.41) is 3.03. The van der Waals surface area contributed by atoms with Crippen LogP contribution in [0.4, 0.5) is 0 Å². The lowest BCUT2D eigenvalue weighted by molar-refractivity contribution is -0.125. The molecular formula is C15H29NO4Si. The molecular weight excluding hydrogens is 286 g/mol. The maximum atomic E-state index is 12.2. The van der Waals surface area contributed by atoms with Gasteiger partial charge in [0.05, 0.1) is 0 Å². The van der Waals surface area contributed by atoms with Crippen molar-refractivity contribution in [3.05, 3.63) is 11.1 Å². The zero-order valence-corrected chi connectivity index (χ0v) is 15.0. The maximum Gasteiger partial charge on any atom is 0.500 e. The topological polar surface area (TPSA) is 56.8 Å². The quantitative estimate of drug-likeness (QED) is 0.425. The number of amides is 1. The molecule has 0 radical (unpaired) electrons. The Morgan fingerprint density at radius 1 is 1.19 bits per heavy atom. The zero-order chi connectivity index (χ0) is 15.9. The number of hydrogen-bond acceptors (Lipinski definition) is 4. The molecule has 0 aromatic rings. The molecule has 0 aromatic heterocycles. The summed E-state index contributed by atoms with van der Waals surface area (Å²) in [6, 6.07) is 0.708. The molecule has 1 atom stereocenters. The highest BCUT2D eigenvalue weighted by Crippen LogP contribution is 2.28. The molecule has 1 aliphatic rings. The van der Waals surface area contributed by atoms with Crippen molar-refractivity contribution < 1.29 is 18.1 Å². The number of carbonyl (C=O) groups excluding carboxylic acids is 1. The molecule has 0 saturated carbocycles. The van der Waals surface area contributed by atoms with Gasteiger partial charge in [-0.25, -0.2) is 0 Å². The predicted octanol–water partition coefficient (Wildman–Crippen LogP) is 2.51. The van der Waals surface area contributed by atoms with E-state index in [-0.39, 0.29) is 11.8 Å². The smallest absolute Gasteiger partial charge is 0.377 e. The highest BCUT2D eigenvalue weighted by atomic mass is 28.4. The Morgan fingerprint density at radius 3 is 2.33 bits per heavy atom. The third-order valence-corrected chi connectivity index (χ3v) is 7.24. The van der Waals surface area contributed by atoms with Gasteiger partial charge >= 0.3 is 8.80 Å². The van der Waals surface area contributed by atoms with Crippen LogP contribution in [-0.2, 0) is 18.1 Å². The lowest BCUT2D eigenvalue weighted by Gasteiger charge is -2.25. The van der Waals surface area contributed by atoms with Gasteiger partial charge in [-0.1, -0.05) is 11.1 Å². The van der Waals surface area contributed by atoms with Gasteiger partial charge in [-0.3, -0.25) is 4.79 Å². The molecule has 0 aliphatic heterocycles. The van der Waals surface area contributed by atoms with E-state index < -0.39 is 8.80 Å². The van der Waals surface area contributed by atoms with Gasteiger partial charge in [0.25, 0.3) is 0 Å². The largest absolute Gasteiger partial charge is 0.500 e. The normalized spacial score (nSPS) is 19.8. The van der Waals surface area contributed by atoms with Crippen molar-refractivity contribution >= 4 is 14.7 Å². The van der Waals surface area contributed by atoms with Crippen LogP contribution in [0.3, 0.4) is 0 Å².